The number of nitrogens with zero attached hydrogens (tertiary/aromatic N) is 3. The standard InChI is InChI=1S/C20H27N6O6P/c1-13(26-12-22-17-18(26)24-20(21)25-19(17)28)9-15(29-2)11-31-33(23-10-16(27)30-3)32-14-7-5-4-6-8-14/h4-8,12-13,15,23H,9-11H2,1-3H3,(H3,21,24,25,28). The maximum Gasteiger partial charge on any atom is 0.320 e. The number of rotatable bonds is 12. The molecule has 3 atom stereocenters. The minimum absolute atomic E-state index is 0.0217. The number of nitrogens with two attached hydrogens (primary N) is 1. The zero-order valence-corrected chi connectivity index (χ0v) is 19.5. The van der Waals surface area contributed by atoms with Gasteiger partial charge in [0.2, 0.25) is 5.95 Å². The molecule has 1 aromatic carbocycles. The molecule has 3 unspecified atom stereocenters. The number of methoxy groups -OCH3 is 2. The zero-order chi connectivity index (χ0) is 23.8. The fraction of sp³-hybridized carbons (Fsp3) is 0.400. The first kappa shape index (κ1) is 24.6. The third-order valence-corrected chi connectivity index (χ3v) is 5.93. The fourth-order valence-corrected chi connectivity index (χ4v) is 4.11. The molecule has 0 saturated heterocycles. The number of aromatic amines is 1. The lowest BCUT2D eigenvalue weighted by molar-refractivity contribution is -0.139. The minimum atomic E-state index is -1.64. The summed E-state index contributed by atoms with van der Waals surface area (Å²) in [5.74, 6) is 0.184. The Morgan fingerprint density at radius 3 is 2.76 bits per heavy atom. The van der Waals surface area contributed by atoms with E-state index in [0.29, 0.717) is 17.8 Å². The van der Waals surface area contributed by atoms with Gasteiger partial charge >= 0.3 is 14.5 Å². The van der Waals surface area contributed by atoms with Gasteiger partial charge in [-0.2, -0.15) is 4.98 Å². The highest BCUT2D eigenvalue weighted by Crippen LogP contribution is 2.35. The van der Waals surface area contributed by atoms with E-state index in [-0.39, 0.29) is 36.8 Å². The van der Waals surface area contributed by atoms with E-state index in [1.807, 2.05) is 25.1 Å². The van der Waals surface area contributed by atoms with E-state index in [1.165, 1.54) is 7.11 Å². The largest absolute Gasteiger partial charge is 0.468 e. The average molecular weight is 478 g/mol. The van der Waals surface area contributed by atoms with Crippen molar-refractivity contribution in [2.24, 2.45) is 0 Å². The van der Waals surface area contributed by atoms with Crippen molar-refractivity contribution in [1.29, 1.82) is 0 Å². The number of hydrogen-bond acceptors (Lipinski definition) is 10. The van der Waals surface area contributed by atoms with Crippen LogP contribution < -0.4 is 20.9 Å². The van der Waals surface area contributed by atoms with E-state index in [9.17, 15) is 9.59 Å². The Labute approximate surface area is 191 Å². The van der Waals surface area contributed by atoms with Crippen molar-refractivity contribution in [2.45, 2.75) is 25.5 Å². The SMILES string of the molecule is COC(=O)CNP(OCC(CC(C)n1cnc2c(=O)[nH]c(N)nc21)OC)Oc1ccccc1. The van der Waals surface area contributed by atoms with Gasteiger partial charge in [-0.1, -0.05) is 18.2 Å². The number of hydrogen-bond donors (Lipinski definition) is 3. The summed E-state index contributed by atoms with van der Waals surface area (Å²) in [6, 6.07) is 9.00. The molecule has 2 heterocycles. The molecule has 178 valence electrons. The molecule has 33 heavy (non-hydrogen) atoms. The number of esters is 1. The van der Waals surface area contributed by atoms with Crippen molar-refractivity contribution in [2.75, 3.05) is 33.1 Å². The van der Waals surface area contributed by atoms with Crippen molar-refractivity contribution in [3.05, 3.63) is 47.0 Å². The number of fused-ring (bicyclic) bond motifs is 1. The monoisotopic (exact) mass is 478 g/mol. The number of ether oxygens (including phenoxy) is 2. The predicted octanol–water partition coefficient (Wildman–Crippen LogP) is 1.75. The van der Waals surface area contributed by atoms with Crippen LogP contribution in [0.2, 0.25) is 0 Å². The van der Waals surface area contributed by atoms with Crippen LogP contribution in [0.15, 0.2) is 41.5 Å². The normalized spacial score (nSPS) is 14.0. The van der Waals surface area contributed by atoms with Crippen molar-refractivity contribution >= 4 is 31.6 Å². The summed E-state index contributed by atoms with van der Waals surface area (Å²) >= 11 is 0. The van der Waals surface area contributed by atoms with Gasteiger partial charge in [0.15, 0.2) is 11.2 Å². The van der Waals surface area contributed by atoms with Crippen LogP contribution in [0.3, 0.4) is 0 Å². The smallest absolute Gasteiger partial charge is 0.320 e. The second kappa shape index (κ2) is 11.7. The summed E-state index contributed by atoms with van der Waals surface area (Å²) in [4.78, 5) is 34.3. The Kier molecular flexibility index (Phi) is 8.72. The Balaban J connectivity index is 1.65. The van der Waals surface area contributed by atoms with Crippen LogP contribution >= 0.6 is 8.53 Å². The Morgan fingerprint density at radius 1 is 1.30 bits per heavy atom. The third-order valence-electron chi connectivity index (χ3n) is 4.75. The molecule has 3 rings (SSSR count). The van der Waals surface area contributed by atoms with Gasteiger partial charge in [-0.3, -0.25) is 14.6 Å². The summed E-state index contributed by atoms with van der Waals surface area (Å²) in [7, 11) is 1.24. The van der Waals surface area contributed by atoms with Gasteiger partial charge in [0.05, 0.1) is 26.1 Å². The van der Waals surface area contributed by atoms with Gasteiger partial charge in [-0.05, 0) is 25.5 Å². The fourth-order valence-electron chi connectivity index (χ4n) is 3.03. The van der Waals surface area contributed by atoms with Crippen LogP contribution in [-0.4, -0.2) is 59.0 Å². The molecule has 13 heteroatoms. The Bertz CT molecular complexity index is 1110. The summed E-state index contributed by atoms with van der Waals surface area (Å²) in [5, 5.41) is 2.93. The lowest BCUT2D eigenvalue weighted by atomic mass is 10.1. The van der Waals surface area contributed by atoms with Crippen LogP contribution in [0.1, 0.15) is 19.4 Å². The lowest BCUT2D eigenvalue weighted by Crippen LogP contribution is -2.26. The molecule has 3 aromatic rings. The Morgan fingerprint density at radius 2 is 2.06 bits per heavy atom. The number of aromatic nitrogens is 4. The number of benzene rings is 1. The molecule has 0 aliphatic rings. The molecule has 0 saturated carbocycles. The third kappa shape index (κ3) is 6.72. The number of nitrogens with one attached hydrogen (secondary N) is 2. The van der Waals surface area contributed by atoms with Crippen LogP contribution in [0, 0.1) is 0 Å². The highest BCUT2D eigenvalue weighted by atomic mass is 31.2. The molecular weight excluding hydrogens is 451 g/mol. The maximum absolute atomic E-state index is 12.0. The highest BCUT2D eigenvalue weighted by molar-refractivity contribution is 7.45. The number of para-hydroxylation sites is 1. The molecule has 0 amide bonds. The molecule has 0 radical (unpaired) electrons. The van der Waals surface area contributed by atoms with Crippen LogP contribution in [0.4, 0.5) is 5.95 Å². The molecule has 0 fully saturated rings. The maximum atomic E-state index is 12.0. The summed E-state index contributed by atoms with van der Waals surface area (Å²) in [6.07, 6.45) is 1.76. The number of imidazole rings is 1. The zero-order valence-electron chi connectivity index (χ0n) is 18.6. The first-order valence-electron chi connectivity index (χ1n) is 10.1. The molecule has 0 spiro atoms. The second-order valence-corrected chi connectivity index (χ2v) is 8.36. The van der Waals surface area contributed by atoms with E-state index in [0.717, 1.165) is 0 Å². The number of nitrogen functional groups attached to an aromatic ring is 1. The van der Waals surface area contributed by atoms with E-state index in [2.05, 4.69) is 24.8 Å². The van der Waals surface area contributed by atoms with Gasteiger partial charge in [-0.15, -0.1) is 0 Å². The molecule has 12 nitrogen and oxygen atoms in total. The molecular formula is C20H27N6O6P. The van der Waals surface area contributed by atoms with Gasteiger partial charge in [-0.25, -0.2) is 10.1 Å². The van der Waals surface area contributed by atoms with Gasteiger partial charge in [0.1, 0.15) is 12.3 Å². The molecule has 0 aliphatic carbocycles. The quantitative estimate of drug-likeness (QED) is 0.259. The number of anilines is 1. The highest BCUT2D eigenvalue weighted by Gasteiger charge is 2.22. The van der Waals surface area contributed by atoms with Crippen LogP contribution in [0.25, 0.3) is 11.2 Å². The summed E-state index contributed by atoms with van der Waals surface area (Å²) in [6.45, 7) is 2.08. The first-order chi connectivity index (χ1) is 15.9. The molecule has 0 aliphatic heterocycles. The summed E-state index contributed by atoms with van der Waals surface area (Å²) < 4.78 is 23.8. The predicted molar refractivity (Wildman–Crippen MR) is 123 cm³/mol. The van der Waals surface area contributed by atoms with Crippen molar-refractivity contribution in [1.82, 2.24) is 24.6 Å². The van der Waals surface area contributed by atoms with E-state index < -0.39 is 20.1 Å². The second-order valence-electron chi connectivity index (χ2n) is 7.09. The first-order valence-corrected chi connectivity index (χ1v) is 11.3. The number of carbonyl (C=O) groups excluding carboxylic acids is 1. The van der Waals surface area contributed by atoms with Gasteiger partial charge in [0, 0.05) is 13.2 Å². The number of carbonyl (C=O) groups is 1. The van der Waals surface area contributed by atoms with Gasteiger partial charge in [0.25, 0.3) is 5.56 Å². The molecule has 4 N–H and O–H groups in total. The van der Waals surface area contributed by atoms with Gasteiger partial charge < -0.3 is 28.8 Å². The van der Waals surface area contributed by atoms with Crippen molar-refractivity contribution in [3.8, 4) is 5.75 Å². The van der Waals surface area contributed by atoms with E-state index in [1.54, 1.807) is 30.1 Å². The Hall–Kier alpha value is -3.05. The molecule has 0 bridgehead atoms. The van der Waals surface area contributed by atoms with Crippen LogP contribution in [-0.2, 0) is 18.8 Å². The lowest BCUT2D eigenvalue weighted by Gasteiger charge is -2.24. The van der Waals surface area contributed by atoms with E-state index >= 15 is 0 Å². The minimum Gasteiger partial charge on any atom is -0.468 e. The molecule has 2 aromatic heterocycles. The van der Waals surface area contributed by atoms with Crippen LogP contribution in [0.5, 0.6) is 5.75 Å². The summed E-state index contributed by atoms with van der Waals surface area (Å²) in [5.41, 5.74) is 5.90. The average Bonchev–Trinajstić information content (AvgIpc) is 3.24. The number of H-pyrrole nitrogens is 1. The van der Waals surface area contributed by atoms with E-state index in [4.69, 9.17) is 19.5 Å². The van der Waals surface area contributed by atoms with Crippen molar-refractivity contribution in [3.63, 3.8) is 0 Å². The topological polar surface area (TPSA) is 156 Å². The van der Waals surface area contributed by atoms with Crippen molar-refractivity contribution < 1.29 is 23.3 Å².